The summed E-state index contributed by atoms with van der Waals surface area (Å²) in [7, 11) is 3.47. The summed E-state index contributed by atoms with van der Waals surface area (Å²) in [6.07, 6.45) is 3.29. The van der Waals surface area contributed by atoms with Crippen LogP contribution in [0.2, 0.25) is 0 Å². The normalized spacial score (nSPS) is 16.2. The molecule has 0 bridgehead atoms. The molecule has 0 radical (unpaired) electrons. The maximum Gasteiger partial charge on any atom is 0.269 e. The Morgan fingerprint density at radius 2 is 1.92 bits per heavy atom. The zero-order chi connectivity index (χ0) is 27.5. The standard InChI is InChI=1S/C27H41N5O3S.C2H6/c1-20(2)19-36-32-14-12-31(13-15-32)11-6-16-35-25-8-5-7-22(26(25)34-4)18-28-27(33)24-17-23(21-9-10-21)29-30(24)3;1-2/h5,7-8,17,20-21H,6,9-16,18-19H2,1-4H3,(H,28,33);1-2H3. The van der Waals surface area contributed by atoms with E-state index in [1.807, 2.05) is 57.1 Å². The van der Waals surface area contributed by atoms with Crippen LogP contribution < -0.4 is 14.8 Å². The van der Waals surface area contributed by atoms with Gasteiger partial charge in [-0.2, -0.15) is 5.10 Å². The first-order valence-electron chi connectivity index (χ1n) is 14.2. The van der Waals surface area contributed by atoms with E-state index >= 15 is 0 Å². The molecular formula is C29H47N5O3S. The van der Waals surface area contributed by atoms with Crippen molar-refractivity contribution in [1.29, 1.82) is 0 Å². The van der Waals surface area contributed by atoms with Crippen molar-refractivity contribution in [2.24, 2.45) is 13.0 Å². The van der Waals surface area contributed by atoms with Gasteiger partial charge in [-0.3, -0.25) is 9.48 Å². The van der Waals surface area contributed by atoms with Crippen LogP contribution in [0, 0.1) is 5.92 Å². The molecule has 1 aromatic carbocycles. The molecule has 2 aliphatic rings. The molecule has 2 heterocycles. The van der Waals surface area contributed by atoms with E-state index in [9.17, 15) is 4.79 Å². The third-order valence-electron chi connectivity index (χ3n) is 6.63. The fourth-order valence-electron chi connectivity index (χ4n) is 4.40. The van der Waals surface area contributed by atoms with Gasteiger partial charge >= 0.3 is 0 Å². The minimum atomic E-state index is -0.132. The van der Waals surface area contributed by atoms with Crippen molar-refractivity contribution in [2.75, 3.05) is 52.2 Å². The summed E-state index contributed by atoms with van der Waals surface area (Å²) in [6.45, 7) is 15.1. The fraction of sp³-hybridized carbons (Fsp3) is 0.655. The van der Waals surface area contributed by atoms with E-state index < -0.39 is 0 Å². The molecule has 1 N–H and O–H groups in total. The Morgan fingerprint density at radius 3 is 2.58 bits per heavy atom. The molecule has 0 spiro atoms. The molecule has 9 heteroatoms. The van der Waals surface area contributed by atoms with Crippen LogP contribution in [0.15, 0.2) is 24.3 Å². The van der Waals surface area contributed by atoms with Crippen molar-refractivity contribution < 1.29 is 14.3 Å². The number of ether oxygens (including phenoxy) is 2. The third-order valence-corrected chi connectivity index (χ3v) is 8.17. The number of piperazine rings is 1. The molecule has 38 heavy (non-hydrogen) atoms. The van der Waals surface area contributed by atoms with Crippen LogP contribution in [0.3, 0.4) is 0 Å². The average Bonchev–Trinajstić information content (AvgIpc) is 3.71. The van der Waals surface area contributed by atoms with Gasteiger partial charge in [-0.25, -0.2) is 4.31 Å². The maximum atomic E-state index is 12.8. The van der Waals surface area contributed by atoms with E-state index in [-0.39, 0.29) is 5.91 Å². The highest BCUT2D eigenvalue weighted by Crippen LogP contribution is 2.39. The molecule has 1 aliphatic heterocycles. The first-order chi connectivity index (χ1) is 18.4. The quantitative estimate of drug-likeness (QED) is 0.282. The number of amides is 1. The lowest BCUT2D eigenvalue weighted by atomic mass is 10.1. The Kier molecular flexibility index (Phi) is 12.3. The second-order valence-electron chi connectivity index (χ2n) is 10.1. The number of methoxy groups -OCH3 is 1. The summed E-state index contributed by atoms with van der Waals surface area (Å²) in [6, 6.07) is 7.75. The molecule has 1 saturated heterocycles. The van der Waals surface area contributed by atoms with Crippen molar-refractivity contribution in [3.05, 3.63) is 41.2 Å². The van der Waals surface area contributed by atoms with Gasteiger partial charge in [-0.15, -0.1) is 0 Å². The monoisotopic (exact) mass is 545 g/mol. The number of aromatic nitrogens is 2. The van der Waals surface area contributed by atoms with Crippen molar-refractivity contribution in [3.8, 4) is 11.5 Å². The number of para-hydroxylation sites is 1. The van der Waals surface area contributed by atoms with Gasteiger partial charge < -0.3 is 19.7 Å². The molecule has 1 saturated carbocycles. The molecule has 1 aliphatic carbocycles. The van der Waals surface area contributed by atoms with Crippen LogP contribution in [-0.4, -0.2) is 77.1 Å². The topological polar surface area (TPSA) is 71.9 Å². The van der Waals surface area contributed by atoms with Crippen LogP contribution >= 0.6 is 11.9 Å². The molecule has 4 rings (SSSR count). The average molecular weight is 546 g/mol. The highest BCUT2D eigenvalue weighted by molar-refractivity contribution is 7.97. The van der Waals surface area contributed by atoms with Gasteiger partial charge in [0.05, 0.1) is 19.4 Å². The lowest BCUT2D eigenvalue weighted by molar-refractivity contribution is 0.0941. The summed E-state index contributed by atoms with van der Waals surface area (Å²) >= 11 is 1.99. The zero-order valence-electron chi connectivity index (χ0n) is 24.2. The van der Waals surface area contributed by atoms with Crippen LogP contribution in [0.5, 0.6) is 11.5 Å². The van der Waals surface area contributed by atoms with Gasteiger partial charge in [0.1, 0.15) is 5.69 Å². The van der Waals surface area contributed by atoms with Crippen molar-refractivity contribution in [2.45, 2.75) is 59.4 Å². The maximum absolute atomic E-state index is 12.8. The molecule has 2 fully saturated rings. The zero-order valence-corrected chi connectivity index (χ0v) is 25.0. The Bertz CT molecular complexity index is 1000. The lowest BCUT2D eigenvalue weighted by Crippen LogP contribution is -2.44. The van der Waals surface area contributed by atoms with Gasteiger partial charge in [0.15, 0.2) is 11.5 Å². The molecule has 8 nitrogen and oxygen atoms in total. The SMILES string of the molecule is CC.COc1c(CNC(=O)c2cc(C3CC3)nn2C)cccc1OCCCN1CCN(SCC(C)C)CC1. The molecule has 2 aromatic rings. The van der Waals surface area contributed by atoms with E-state index in [4.69, 9.17) is 9.47 Å². The van der Waals surface area contributed by atoms with Crippen LogP contribution in [-0.2, 0) is 13.6 Å². The second kappa shape index (κ2) is 15.4. The summed E-state index contributed by atoms with van der Waals surface area (Å²) in [5, 5.41) is 7.51. The summed E-state index contributed by atoms with van der Waals surface area (Å²) in [4.78, 5) is 15.3. The number of carbonyl (C=O) groups excluding carboxylic acids is 1. The summed E-state index contributed by atoms with van der Waals surface area (Å²) < 4.78 is 15.9. The van der Waals surface area contributed by atoms with Gasteiger partial charge in [0.2, 0.25) is 0 Å². The fourth-order valence-corrected chi connectivity index (χ4v) is 5.33. The first-order valence-corrected chi connectivity index (χ1v) is 15.1. The highest BCUT2D eigenvalue weighted by Gasteiger charge is 2.28. The highest BCUT2D eigenvalue weighted by atomic mass is 32.2. The Hall–Kier alpha value is -2.23. The van der Waals surface area contributed by atoms with E-state index in [1.165, 1.54) is 5.75 Å². The molecule has 0 unspecified atom stereocenters. The summed E-state index contributed by atoms with van der Waals surface area (Å²) in [5.41, 5.74) is 2.49. The predicted octanol–water partition coefficient (Wildman–Crippen LogP) is 4.95. The molecule has 1 amide bonds. The number of rotatable bonds is 13. The van der Waals surface area contributed by atoms with Gasteiger partial charge in [0, 0.05) is 63.6 Å². The van der Waals surface area contributed by atoms with Gasteiger partial charge in [-0.1, -0.05) is 51.8 Å². The first kappa shape index (κ1) is 30.3. The van der Waals surface area contributed by atoms with Gasteiger partial charge in [0.25, 0.3) is 5.91 Å². The minimum absolute atomic E-state index is 0.132. The Labute approximate surface area is 233 Å². The molecule has 212 valence electrons. The largest absolute Gasteiger partial charge is 0.493 e. The Morgan fingerprint density at radius 1 is 1.18 bits per heavy atom. The number of hydrogen-bond donors (Lipinski definition) is 1. The Balaban J connectivity index is 0.00000195. The van der Waals surface area contributed by atoms with Crippen molar-refractivity contribution >= 4 is 17.9 Å². The molecular weight excluding hydrogens is 498 g/mol. The van der Waals surface area contributed by atoms with E-state index in [0.717, 1.165) is 74.9 Å². The predicted molar refractivity (Wildman–Crippen MR) is 156 cm³/mol. The van der Waals surface area contributed by atoms with Crippen molar-refractivity contribution in [1.82, 2.24) is 24.3 Å². The van der Waals surface area contributed by atoms with E-state index in [2.05, 4.69) is 33.5 Å². The number of hydrogen-bond acceptors (Lipinski definition) is 7. The number of nitrogens with one attached hydrogen (secondary N) is 1. The number of carbonyl (C=O) groups is 1. The van der Waals surface area contributed by atoms with Gasteiger partial charge in [-0.05, 0) is 37.3 Å². The van der Waals surface area contributed by atoms with Crippen LogP contribution in [0.4, 0.5) is 0 Å². The molecule has 1 aromatic heterocycles. The lowest BCUT2D eigenvalue weighted by Gasteiger charge is -2.34. The number of benzene rings is 1. The van der Waals surface area contributed by atoms with Crippen molar-refractivity contribution in [3.63, 3.8) is 0 Å². The number of nitrogens with zero attached hydrogens (tertiary/aromatic N) is 4. The minimum Gasteiger partial charge on any atom is -0.493 e. The van der Waals surface area contributed by atoms with E-state index in [0.29, 0.717) is 30.5 Å². The third kappa shape index (κ3) is 8.92. The second-order valence-corrected chi connectivity index (χ2v) is 11.3. The van der Waals surface area contributed by atoms with Crippen LogP contribution in [0.1, 0.15) is 74.6 Å². The number of aryl methyl sites for hydroxylation is 1. The van der Waals surface area contributed by atoms with E-state index in [1.54, 1.807) is 11.8 Å². The van der Waals surface area contributed by atoms with Crippen LogP contribution in [0.25, 0.3) is 0 Å². The smallest absolute Gasteiger partial charge is 0.269 e. The summed E-state index contributed by atoms with van der Waals surface area (Å²) in [5.74, 6) is 3.72. The molecule has 0 atom stereocenters.